The van der Waals surface area contributed by atoms with Crippen LogP contribution in [0, 0.1) is 34.6 Å². The zero-order chi connectivity index (χ0) is 18.1. The van der Waals surface area contributed by atoms with E-state index in [9.17, 15) is 4.79 Å². The topological polar surface area (TPSA) is 46.9 Å². The van der Waals surface area contributed by atoms with Crippen molar-refractivity contribution in [3.63, 3.8) is 0 Å². The van der Waals surface area contributed by atoms with Crippen LogP contribution in [0.5, 0.6) is 0 Å². The van der Waals surface area contributed by atoms with Crippen LogP contribution >= 0.6 is 0 Å². The number of hydrogen-bond donors (Lipinski definition) is 1. The van der Waals surface area contributed by atoms with Gasteiger partial charge in [0.25, 0.3) is 5.91 Å². The van der Waals surface area contributed by atoms with Gasteiger partial charge in [-0.2, -0.15) is 5.10 Å². The highest BCUT2D eigenvalue weighted by atomic mass is 16.1. The van der Waals surface area contributed by atoms with Crippen LogP contribution in [-0.2, 0) is 0 Å². The lowest BCUT2D eigenvalue weighted by atomic mass is 10.1. The largest absolute Gasteiger partial charge is 0.319 e. The molecule has 0 unspecified atom stereocenters. The molecule has 1 N–H and O–H groups in total. The molecular weight excluding hydrogens is 310 g/mol. The van der Waals surface area contributed by atoms with Gasteiger partial charge < -0.3 is 5.32 Å². The Balaban J connectivity index is 1.93. The van der Waals surface area contributed by atoms with Gasteiger partial charge in [-0.05, 0) is 58.9 Å². The first-order valence-corrected chi connectivity index (χ1v) is 8.38. The Morgan fingerprint density at radius 2 is 1.48 bits per heavy atom. The van der Waals surface area contributed by atoms with Crippen LogP contribution in [0.3, 0.4) is 0 Å². The Hall–Kier alpha value is -2.88. The van der Waals surface area contributed by atoms with E-state index in [2.05, 4.69) is 35.5 Å². The molecule has 0 bridgehead atoms. The first kappa shape index (κ1) is 17.0. The van der Waals surface area contributed by atoms with E-state index in [1.807, 2.05) is 56.6 Å². The second-order valence-corrected chi connectivity index (χ2v) is 6.62. The summed E-state index contributed by atoms with van der Waals surface area (Å²) in [4.78, 5) is 12.7. The fraction of sp³-hybridized carbons (Fsp3) is 0.238. The van der Waals surface area contributed by atoms with Gasteiger partial charge in [0.15, 0.2) is 0 Å². The number of carbonyl (C=O) groups is 1. The van der Waals surface area contributed by atoms with Crippen molar-refractivity contribution in [1.29, 1.82) is 0 Å². The molecule has 25 heavy (non-hydrogen) atoms. The number of hydrogen-bond acceptors (Lipinski definition) is 2. The SMILES string of the molecule is Cc1ccc(-n2nc(C)c(NC(=O)c3cc(C)cc(C)c3)c2C)cc1. The number of aromatic nitrogens is 2. The lowest BCUT2D eigenvalue weighted by Gasteiger charge is -2.09. The van der Waals surface area contributed by atoms with E-state index in [4.69, 9.17) is 0 Å². The number of benzene rings is 2. The number of carbonyl (C=O) groups excluding carboxylic acids is 1. The van der Waals surface area contributed by atoms with Gasteiger partial charge in [-0.3, -0.25) is 4.79 Å². The first-order chi connectivity index (χ1) is 11.8. The maximum absolute atomic E-state index is 12.7. The van der Waals surface area contributed by atoms with Gasteiger partial charge in [-0.15, -0.1) is 0 Å². The molecule has 0 aliphatic rings. The van der Waals surface area contributed by atoms with E-state index in [1.54, 1.807) is 0 Å². The number of aryl methyl sites for hydroxylation is 4. The minimum Gasteiger partial charge on any atom is -0.319 e. The van der Waals surface area contributed by atoms with Gasteiger partial charge in [-0.25, -0.2) is 4.68 Å². The third-order valence-corrected chi connectivity index (χ3v) is 4.29. The van der Waals surface area contributed by atoms with Crippen LogP contribution in [0.1, 0.15) is 38.4 Å². The van der Waals surface area contributed by atoms with Crippen molar-refractivity contribution in [3.05, 3.63) is 76.1 Å². The number of nitrogens with one attached hydrogen (secondary N) is 1. The summed E-state index contributed by atoms with van der Waals surface area (Å²) >= 11 is 0. The average molecular weight is 333 g/mol. The number of amides is 1. The second kappa shape index (κ2) is 6.55. The molecule has 0 spiro atoms. The van der Waals surface area contributed by atoms with Gasteiger partial charge in [-0.1, -0.05) is 34.9 Å². The van der Waals surface area contributed by atoms with Crippen LogP contribution in [0.25, 0.3) is 5.69 Å². The fourth-order valence-corrected chi connectivity index (χ4v) is 3.05. The highest BCUT2D eigenvalue weighted by Crippen LogP contribution is 2.24. The molecule has 0 aliphatic carbocycles. The van der Waals surface area contributed by atoms with E-state index in [0.717, 1.165) is 33.9 Å². The van der Waals surface area contributed by atoms with Crippen molar-refractivity contribution in [3.8, 4) is 5.69 Å². The van der Waals surface area contributed by atoms with Gasteiger partial charge in [0.2, 0.25) is 0 Å². The molecule has 2 aromatic carbocycles. The van der Waals surface area contributed by atoms with Crippen molar-refractivity contribution in [2.75, 3.05) is 5.32 Å². The van der Waals surface area contributed by atoms with E-state index in [-0.39, 0.29) is 5.91 Å². The summed E-state index contributed by atoms with van der Waals surface area (Å²) in [7, 11) is 0. The summed E-state index contributed by atoms with van der Waals surface area (Å²) in [6.45, 7) is 9.93. The summed E-state index contributed by atoms with van der Waals surface area (Å²) in [5.41, 5.74) is 7.49. The van der Waals surface area contributed by atoms with Crippen LogP contribution in [0.15, 0.2) is 42.5 Å². The monoisotopic (exact) mass is 333 g/mol. The molecule has 0 atom stereocenters. The third kappa shape index (κ3) is 3.48. The summed E-state index contributed by atoms with van der Waals surface area (Å²) in [6, 6.07) is 14.0. The molecular formula is C21H23N3O. The Kier molecular flexibility index (Phi) is 4.45. The summed E-state index contributed by atoms with van der Waals surface area (Å²) in [6.07, 6.45) is 0. The zero-order valence-electron chi connectivity index (χ0n) is 15.3. The van der Waals surface area contributed by atoms with E-state index < -0.39 is 0 Å². The Labute approximate surface area is 148 Å². The van der Waals surface area contributed by atoms with Crippen LogP contribution in [0.2, 0.25) is 0 Å². The van der Waals surface area contributed by atoms with Gasteiger partial charge in [0.1, 0.15) is 0 Å². The Morgan fingerprint density at radius 3 is 2.08 bits per heavy atom. The molecule has 0 saturated heterocycles. The van der Waals surface area contributed by atoms with Crippen molar-refractivity contribution >= 4 is 11.6 Å². The standard InChI is InChI=1S/C21H23N3O/c1-13-6-8-19(9-7-13)24-17(5)20(16(4)23-24)22-21(25)18-11-14(2)10-15(3)12-18/h6-12H,1-5H3,(H,22,25). The highest BCUT2D eigenvalue weighted by molar-refractivity contribution is 6.05. The highest BCUT2D eigenvalue weighted by Gasteiger charge is 2.16. The quantitative estimate of drug-likeness (QED) is 0.757. The van der Waals surface area contributed by atoms with E-state index in [0.29, 0.717) is 5.56 Å². The van der Waals surface area contributed by atoms with Crippen LogP contribution < -0.4 is 5.32 Å². The van der Waals surface area contributed by atoms with Crippen molar-refractivity contribution in [1.82, 2.24) is 9.78 Å². The minimum atomic E-state index is -0.110. The molecule has 1 aromatic heterocycles. The molecule has 3 aromatic rings. The number of anilines is 1. The fourth-order valence-electron chi connectivity index (χ4n) is 3.05. The predicted molar refractivity (Wildman–Crippen MR) is 102 cm³/mol. The minimum absolute atomic E-state index is 0.110. The molecule has 3 rings (SSSR count). The van der Waals surface area contributed by atoms with Crippen molar-refractivity contribution in [2.45, 2.75) is 34.6 Å². The maximum Gasteiger partial charge on any atom is 0.255 e. The average Bonchev–Trinajstić information content (AvgIpc) is 2.83. The smallest absolute Gasteiger partial charge is 0.255 e. The second-order valence-electron chi connectivity index (χ2n) is 6.62. The lowest BCUT2D eigenvalue weighted by Crippen LogP contribution is -2.13. The summed E-state index contributed by atoms with van der Waals surface area (Å²) in [5.74, 6) is -0.110. The van der Waals surface area contributed by atoms with Crippen LogP contribution in [-0.4, -0.2) is 15.7 Å². The van der Waals surface area contributed by atoms with Gasteiger partial charge in [0, 0.05) is 5.56 Å². The molecule has 4 heteroatoms. The van der Waals surface area contributed by atoms with Gasteiger partial charge >= 0.3 is 0 Å². The maximum atomic E-state index is 12.7. The van der Waals surface area contributed by atoms with Gasteiger partial charge in [0.05, 0.1) is 22.8 Å². The van der Waals surface area contributed by atoms with Crippen molar-refractivity contribution in [2.24, 2.45) is 0 Å². The molecule has 0 radical (unpaired) electrons. The third-order valence-electron chi connectivity index (χ3n) is 4.29. The number of nitrogens with zero attached hydrogens (tertiary/aromatic N) is 2. The predicted octanol–water partition coefficient (Wildman–Crippen LogP) is 4.67. The Bertz CT molecular complexity index is 916. The van der Waals surface area contributed by atoms with E-state index in [1.165, 1.54) is 5.56 Å². The normalized spacial score (nSPS) is 10.8. The number of rotatable bonds is 3. The summed E-state index contributed by atoms with van der Waals surface area (Å²) in [5, 5.41) is 7.62. The zero-order valence-corrected chi connectivity index (χ0v) is 15.3. The molecule has 0 fully saturated rings. The molecule has 1 amide bonds. The molecule has 0 aliphatic heterocycles. The Morgan fingerprint density at radius 1 is 0.880 bits per heavy atom. The van der Waals surface area contributed by atoms with Crippen LogP contribution in [0.4, 0.5) is 5.69 Å². The lowest BCUT2D eigenvalue weighted by molar-refractivity contribution is 0.102. The molecule has 4 nitrogen and oxygen atoms in total. The van der Waals surface area contributed by atoms with E-state index >= 15 is 0 Å². The molecule has 0 saturated carbocycles. The van der Waals surface area contributed by atoms with Crippen molar-refractivity contribution < 1.29 is 4.79 Å². The first-order valence-electron chi connectivity index (χ1n) is 8.38. The summed E-state index contributed by atoms with van der Waals surface area (Å²) < 4.78 is 1.87. The molecule has 128 valence electrons. The molecule has 1 heterocycles.